The first-order valence-electron chi connectivity index (χ1n) is 15.0. The van der Waals surface area contributed by atoms with Crippen molar-refractivity contribution < 1.29 is 92.0 Å². The van der Waals surface area contributed by atoms with Gasteiger partial charge in [0.15, 0.2) is 69.8 Å². The van der Waals surface area contributed by atoms with Crippen LogP contribution in [-0.2, 0) is 27.4 Å². The Morgan fingerprint density at radius 1 is 0.379 bits per heavy atom. The van der Waals surface area contributed by atoms with Gasteiger partial charge in [-0.15, -0.1) is 21.9 Å². The minimum Gasteiger partial charge on any atom is -0.255 e. The monoisotopic (exact) mass is 894 g/mol. The van der Waals surface area contributed by atoms with Crippen LogP contribution in [0.3, 0.4) is 0 Å². The molecule has 58 heavy (non-hydrogen) atoms. The summed E-state index contributed by atoms with van der Waals surface area (Å²) in [6, 6.07) is 8.06. The van der Waals surface area contributed by atoms with E-state index in [1.165, 1.54) is 5.56 Å². The molecule has 312 valence electrons. The summed E-state index contributed by atoms with van der Waals surface area (Å²) in [6.07, 6.45) is -1.05. The lowest BCUT2D eigenvalue weighted by molar-refractivity contribution is 0.378. The molecular formula is C34H15BF20OS2. The summed E-state index contributed by atoms with van der Waals surface area (Å²) in [5.74, 6) is -70.3. The Balaban J connectivity index is 0.000000486. The molecule has 1 atom stereocenters. The summed E-state index contributed by atoms with van der Waals surface area (Å²) in [5.41, 5.74) is -13.0. The predicted octanol–water partition coefficient (Wildman–Crippen LogP) is 7.65. The minimum absolute atomic E-state index is 0.440. The molecule has 0 aliphatic heterocycles. The van der Waals surface area contributed by atoms with E-state index in [9.17, 15) is 56.9 Å². The number of hydrogen-bond acceptors (Lipinski definition) is 1. The third kappa shape index (κ3) is 7.29. The van der Waals surface area contributed by atoms with Crippen molar-refractivity contribution in [3.8, 4) is 0 Å². The van der Waals surface area contributed by atoms with E-state index in [0.29, 0.717) is 10.9 Å². The molecule has 0 bridgehead atoms. The third-order valence-corrected chi connectivity index (χ3v) is 10.3. The molecule has 0 heterocycles. The first-order chi connectivity index (χ1) is 26.8. The lowest BCUT2D eigenvalue weighted by Gasteiger charge is -2.44. The van der Waals surface area contributed by atoms with Gasteiger partial charge < -0.3 is 0 Å². The maximum Gasteiger partial charge on any atom is 0.200 e. The Labute approximate surface area is 317 Å². The second-order valence-corrected chi connectivity index (χ2v) is 15.7. The van der Waals surface area contributed by atoms with Crippen molar-refractivity contribution in [1.82, 2.24) is 0 Å². The summed E-state index contributed by atoms with van der Waals surface area (Å²) < 4.78 is 305. The van der Waals surface area contributed by atoms with Crippen LogP contribution in [0.15, 0.2) is 29.2 Å². The average molecular weight is 894 g/mol. The topological polar surface area (TPSA) is 17.1 Å². The van der Waals surface area contributed by atoms with Gasteiger partial charge in [0.2, 0.25) is 0 Å². The second kappa shape index (κ2) is 16.9. The first kappa shape index (κ1) is 46.0. The molecule has 0 aliphatic carbocycles. The van der Waals surface area contributed by atoms with Crippen molar-refractivity contribution in [2.75, 3.05) is 18.8 Å². The van der Waals surface area contributed by atoms with Crippen molar-refractivity contribution in [1.29, 1.82) is 0 Å². The summed E-state index contributed by atoms with van der Waals surface area (Å²) in [7, 11) is -0.407. The smallest absolute Gasteiger partial charge is 0.200 e. The zero-order valence-electron chi connectivity index (χ0n) is 28.4. The highest BCUT2D eigenvalue weighted by Gasteiger charge is 2.52. The van der Waals surface area contributed by atoms with E-state index in [1.807, 2.05) is 12.1 Å². The molecule has 0 spiro atoms. The maximum atomic E-state index is 15.4. The van der Waals surface area contributed by atoms with Gasteiger partial charge in [-0.3, -0.25) is 4.21 Å². The van der Waals surface area contributed by atoms with Gasteiger partial charge in [-0.05, 0) is 23.0 Å². The van der Waals surface area contributed by atoms with Crippen molar-refractivity contribution in [3.05, 3.63) is 146 Å². The molecule has 0 aliphatic rings. The number of benzene rings is 5. The van der Waals surface area contributed by atoms with Crippen LogP contribution < -0.4 is 21.9 Å². The van der Waals surface area contributed by atoms with Crippen LogP contribution in [0.5, 0.6) is 0 Å². The van der Waals surface area contributed by atoms with Crippen LogP contribution in [0.1, 0.15) is 5.56 Å². The molecule has 5 aromatic rings. The highest BCUT2D eigenvalue weighted by Crippen LogP contribution is 2.30. The van der Waals surface area contributed by atoms with Crippen molar-refractivity contribution >= 4 is 49.7 Å². The van der Waals surface area contributed by atoms with E-state index in [-0.39, 0.29) is 0 Å². The van der Waals surface area contributed by atoms with Crippen molar-refractivity contribution in [2.45, 2.75) is 10.6 Å². The van der Waals surface area contributed by atoms with E-state index < -0.39 is 155 Å². The lowest BCUT2D eigenvalue weighted by Crippen LogP contribution is -2.81. The highest BCUT2D eigenvalue weighted by atomic mass is 32.2. The summed E-state index contributed by atoms with van der Waals surface area (Å²) in [5, 5.41) is 0. The largest absolute Gasteiger partial charge is 0.255 e. The molecule has 5 rings (SSSR count). The average Bonchev–Trinajstić information content (AvgIpc) is 3.18. The number of hydrogen-bond donors (Lipinski definition) is 0. The Morgan fingerprint density at radius 2 is 0.569 bits per heavy atom. The minimum atomic E-state index is -7.22. The molecule has 0 radical (unpaired) electrons. The van der Waals surface area contributed by atoms with Crippen LogP contribution >= 0.6 is 0 Å². The molecule has 0 aromatic heterocycles. The van der Waals surface area contributed by atoms with Crippen LogP contribution in [0.4, 0.5) is 87.8 Å². The quantitative estimate of drug-likeness (QED) is 0.0540. The highest BCUT2D eigenvalue weighted by molar-refractivity contribution is 7.94. The predicted molar refractivity (Wildman–Crippen MR) is 171 cm³/mol. The van der Waals surface area contributed by atoms with Crippen LogP contribution in [0, 0.1) is 116 Å². The first-order valence-corrected chi connectivity index (χ1v) is 18.8. The van der Waals surface area contributed by atoms with E-state index in [4.69, 9.17) is 0 Å². The zero-order chi connectivity index (χ0) is 44.2. The molecular weight excluding hydrogens is 879 g/mol. The van der Waals surface area contributed by atoms with Gasteiger partial charge >= 0.3 is 0 Å². The Bertz CT molecular complexity index is 2110. The van der Waals surface area contributed by atoms with Crippen molar-refractivity contribution in [2.24, 2.45) is 0 Å². The van der Waals surface area contributed by atoms with Crippen LogP contribution in [0.25, 0.3) is 0 Å². The maximum absolute atomic E-state index is 15.4. The SMILES string of the molecule is CS(=O)c1ccc(C[S+](C)C)cc1.Fc1c(F)c(F)c([B-](c2c(F)c(F)c(F)c(F)c2F)(c2c(F)c(F)c(F)c(F)c2F)c2c(F)c(F)c(F)c(F)c2F)c(F)c1F. The van der Waals surface area contributed by atoms with E-state index in [0.717, 1.165) is 10.6 Å². The lowest BCUT2D eigenvalue weighted by atomic mass is 9.12. The number of rotatable bonds is 7. The van der Waals surface area contributed by atoms with Gasteiger partial charge in [-0.1, -0.05) is 12.1 Å². The van der Waals surface area contributed by atoms with Gasteiger partial charge in [-0.2, -0.15) is 0 Å². The van der Waals surface area contributed by atoms with Crippen LogP contribution in [0.2, 0.25) is 0 Å². The van der Waals surface area contributed by atoms with Gasteiger partial charge in [0.1, 0.15) is 58.4 Å². The molecule has 24 heteroatoms. The van der Waals surface area contributed by atoms with Gasteiger partial charge in [0.25, 0.3) is 0 Å². The second-order valence-electron chi connectivity index (χ2n) is 12.0. The fourth-order valence-electron chi connectivity index (χ4n) is 5.98. The molecule has 1 unspecified atom stereocenters. The fourth-order valence-corrected chi connectivity index (χ4v) is 7.36. The standard InChI is InChI=1S/C24BF20.C10H15OS2/c26-5-1(6(27)14(35)21(42)13(5)34)25(2-7(28)15(36)22(43)16(37)8(2)29,3-9(30)17(38)23(44)18(39)10(3)31)4-11(32)19(40)24(45)20(41)12(4)33;1-12(2)8-9-4-6-10(7-5-9)13(3)11/h;4-7H,8H2,1-3H3/q-1;+1. The van der Waals surface area contributed by atoms with Crippen molar-refractivity contribution in [3.63, 3.8) is 0 Å². The van der Waals surface area contributed by atoms with Crippen LogP contribution in [-0.4, -0.2) is 29.1 Å². The molecule has 5 aromatic carbocycles. The molecule has 0 saturated heterocycles. The summed E-state index contributed by atoms with van der Waals surface area (Å²) in [6.45, 7) is 0. The fraction of sp³-hybridized carbons (Fsp3) is 0.118. The van der Waals surface area contributed by atoms with E-state index in [1.54, 1.807) is 6.26 Å². The molecule has 0 amide bonds. The Kier molecular flexibility index (Phi) is 13.4. The number of halogens is 20. The summed E-state index contributed by atoms with van der Waals surface area (Å²) >= 11 is 0. The molecule has 0 saturated carbocycles. The molecule has 1 nitrogen and oxygen atoms in total. The van der Waals surface area contributed by atoms with Gasteiger partial charge in [0, 0.05) is 27.5 Å². The molecule has 0 fully saturated rings. The van der Waals surface area contributed by atoms with Gasteiger partial charge in [0.05, 0.1) is 12.5 Å². The molecule has 0 N–H and O–H groups in total. The third-order valence-electron chi connectivity index (χ3n) is 8.42. The van der Waals surface area contributed by atoms with E-state index >= 15 is 35.1 Å². The zero-order valence-corrected chi connectivity index (χ0v) is 30.0. The van der Waals surface area contributed by atoms with E-state index in [2.05, 4.69) is 24.6 Å². The summed E-state index contributed by atoms with van der Waals surface area (Å²) in [4.78, 5) is 0.913. The Hall–Kier alpha value is -4.74. The van der Waals surface area contributed by atoms with Gasteiger partial charge in [-0.25, -0.2) is 87.8 Å². The Morgan fingerprint density at radius 3 is 0.741 bits per heavy atom. The normalized spacial score (nSPS) is 12.3.